The number of esters is 1. The van der Waals surface area contributed by atoms with E-state index in [1.165, 1.54) is 7.11 Å². The normalized spacial score (nSPS) is 10.8. The molecule has 78 valence electrons. The topological polar surface area (TPSA) is 59.3 Å². The van der Waals surface area contributed by atoms with Gasteiger partial charge in [-0.25, -0.2) is 0 Å². The number of rotatable bonds is 6. The fourth-order valence-electron chi connectivity index (χ4n) is 0.973. The Morgan fingerprint density at radius 1 is 1.43 bits per heavy atom. The van der Waals surface area contributed by atoms with Crippen LogP contribution >= 0.6 is 0 Å². The van der Waals surface area contributed by atoms with Crippen LogP contribution in [0, 0.1) is 11.3 Å². The summed E-state index contributed by atoms with van der Waals surface area (Å²) in [7, 11) is 2.94. The minimum atomic E-state index is -0.246. The Morgan fingerprint density at radius 3 is 2.64 bits per heavy atom. The zero-order valence-electron chi connectivity index (χ0n) is 8.58. The molecule has 0 saturated heterocycles. The van der Waals surface area contributed by atoms with Crippen LogP contribution in [-0.2, 0) is 14.3 Å². The van der Waals surface area contributed by atoms with Crippen molar-refractivity contribution in [2.45, 2.75) is 19.3 Å². The van der Waals surface area contributed by atoms with Gasteiger partial charge < -0.3 is 9.47 Å². The Kier molecular flexibility index (Phi) is 7.48. The van der Waals surface area contributed by atoms with Gasteiger partial charge in [0.15, 0.2) is 0 Å². The molecule has 0 aromatic heterocycles. The van der Waals surface area contributed by atoms with E-state index in [0.29, 0.717) is 25.9 Å². The minimum Gasteiger partial charge on any atom is -0.469 e. The first-order chi connectivity index (χ1) is 6.74. The van der Waals surface area contributed by atoms with Crippen LogP contribution in [0.1, 0.15) is 19.3 Å². The molecule has 0 rings (SSSR count). The van der Waals surface area contributed by atoms with Crippen molar-refractivity contribution in [2.75, 3.05) is 20.8 Å². The van der Waals surface area contributed by atoms with E-state index in [2.05, 4.69) is 4.74 Å². The van der Waals surface area contributed by atoms with Crippen molar-refractivity contribution >= 4 is 5.97 Å². The van der Waals surface area contributed by atoms with Gasteiger partial charge in [-0.2, -0.15) is 5.26 Å². The molecule has 0 spiro atoms. The summed E-state index contributed by atoms with van der Waals surface area (Å²) in [6.07, 6.45) is 3.05. The van der Waals surface area contributed by atoms with Gasteiger partial charge in [-0.3, -0.25) is 4.79 Å². The van der Waals surface area contributed by atoms with Crippen molar-refractivity contribution in [1.82, 2.24) is 0 Å². The van der Waals surface area contributed by atoms with Crippen molar-refractivity contribution in [3.05, 3.63) is 11.6 Å². The third-order valence-corrected chi connectivity index (χ3v) is 1.69. The largest absolute Gasteiger partial charge is 0.469 e. The SMILES string of the molecule is COC/C(=C\CC#N)CCC(=O)OC. The van der Waals surface area contributed by atoms with Gasteiger partial charge in [0.2, 0.25) is 0 Å². The van der Waals surface area contributed by atoms with Crippen molar-refractivity contribution in [3.8, 4) is 6.07 Å². The Morgan fingerprint density at radius 2 is 2.14 bits per heavy atom. The van der Waals surface area contributed by atoms with Crippen LogP contribution in [0.4, 0.5) is 0 Å². The number of ether oxygens (including phenoxy) is 2. The second-order valence-corrected chi connectivity index (χ2v) is 2.73. The van der Waals surface area contributed by atoms with Gasteiger partial charge in [0.1, 0.15) is 0 Å². The van der Waals surface area contributed by atoms with Crippen molar-refractivity contribution in [2.24, 2.45) is 0 Å². The number of hydrogen-bond donors (Lipinski definition) is 0. The number of nitriles is 1. The van der Waals surface area contributed by atoms with Crippen LogP contribution in [-0.4, -0.2) is 26.8 Å². The van der Waals surface area contributed by atoms with Gasteiger partial charge in [-0.15, -0.1) is 0 Å². The van der Waals surface area contributed by atoms with Crippen LogP contribution in [0.3, 0.4) is 0 Å². The van der Waals surface area contributed by atoms with Crippen LogP contribution in [0.15, 0.2) is 11.6 Å². The maximum atomic E-state index is 10.8. The van der Waals surface area contributed by atoms with Gasteiger partial charge in [-0.1, -0.05) is 6.08 Å². The third-order valence-electron chi connectivity index (χ3n) is 1.69. The van der Waals surface area contributed by atoms with Gasteiger partial charge in [-0.05, 0) is 12.0 Å². The maximum absolute atomic E-state index is 10.8. The molecule has 0 fully saturated rings. The van der Waals surface area contributed by atoms with E-state index in [-0.39, 0.29) is 5.97 Å². The lowest BCUT2D eigenvalue weighted by Gasteiger charge is -2.04. The molecule has 0 radical (unpaired) electrons. The van der Waals surface area contributed by atoms with Crippen LogP contribution < -0.4 is 0 Å². The van der Waals surface area contributed by atoms with E-state index >= 15 is 0 Å². The highest BCUT2D eigenvalue weighted by molar-refractivity contribution is 5.69. The first-order valence-electron chi connectivity index (χ1n) is 4.35. The summed E-state index contributed by atoms with van der Waals surface area (Å²) in [5.41, 5.74) is 0.958. The molecule has 0 aliphatic heterocycles. The van der Waals surface area contributed by atoms with E-state index in [1.54, 1.807) is 13.2 Å². The zero-order chi connectivity index (χ0) is 10.8. The first kappa shape index (κ1) is 12.7. The average molecular weight is 197 g/mol. The molecule has 0 aliphatic carbocycles. The molecule has 0 aliphatic rings. The van der Waals surface area contributed by atoms with Gasteiger partial charge in [0.05, 0.1) is 26.2 Å². The first-order valence-corrected chi connectivity index (χ1v) is 4.35. The van der Waals surface area contributed by atoms with E-state index in [0.717, 1.165) is 5.57 Å². The standard InChI is InChI=1S/C10H15NO3/c1-13-8-9(4-3-7-11)5-6-10(12)14-2/h4H,3,5-6,8H2,1-2H3/b9-4-. The quantitative estimate of drug-likeness (QED) is 0.477. The Labute approximate surface area is 84.1 Å². The molecule has 0 saturated carbocycles. The molecule has 0 bridgehead atoms. The van der Waals surface area contributed by atoms with E-state index in [1.807, 2.05) is 6.07 Å². The Bertz CT molecular complexity index is 240. The van der Waals surface area contributed by atoms with Crippen molar-refractivity contribution < 1.29 is 14.3 Å². The molecule has 0 N–H and O–H groups in total. The van der Waals surface area contributed by atoms with Gasteiger partial charge in [0.25, 0.3) is 0 Å². The number of carbonyl (C=O) groups excluding carboxylic acids is 1. The summed E-state index contributed by atoms with van der Waals surface area (Å²) in [6, 6.07) is 2.01. The van der Waals surface area contributed by atoms with Crippen LogP contribution in [0.5, 0.6) is 0 Å². The molecule has 14 heavy (non-hydrogen) atoms. The molecule has 4 nitrogen and oxygen atoms in total. The monoisotopic (exact) mass is 197 g/mol. The highest BCUT2D eigenvalue weighted by Crippen LogP contribution is 2.07. The molecule has 0 aromatic carbocycles. The zero-order valence-corrected chi connectivity index (χ0v) is 8.58. The number of carbonyl (C=O) groups is 1. The fraction of sp³-hybridized carbons (Fsp3) is 0.600. The molecule has 0 atom stereocenters. The van der Waals surface area contributed by atoms with E-state index in [4.69, 9.17) is 10.00 Å². The second-order valence-electron chi connectivity index (χ2n) is 2.73. The van der Waals surface area contributed by atoms with Gasteiger partial charge in [0, 0.05) is 13.5 Å². The van der Waals surface area contributed by atoms with E-state index < -0.39 is 0 Å². The highest BCUT2D eigenvalue weighted by Gasteiger charge is 2.03. The summed E-state index contributed by atoms with van der Waals surface area (Å²) in [4.78, 5) is 10.8. The van der Waals surface area contributed by atoms with Gasteiger partial charge >= 0.3 is 5.97 Å². The number of nitrogens with zero attached hydrogens (tertiary/aromatic N) is 1. The fourth-order valence-corrected chi connectivity index (χ4v) is 0.973. The lowest BCUT2D eigenvalue weighted by Crippen LogP contribution is -2.03. The lowest BCUT2D eigenvalue weighted by molar-refractivity contribution is -0.140. The van der Waals surface area contributed by atoms with Crippen LogP contribution in [0.2, 0.25) is 0 Å². The Balaban J connectivity index is 3.97. The second kappa shape index (κ2) is 8.27. The minimum absolute atomic E-state index is 0.246. The summed E-state index contributed by atoms with van der Waals surface area (Å²) in [5.74, 6) is -0.246. The summed E-state index contributed by atoms with van der Waals surface area (Å²) >= 11 is 0. The van der Waals surface area contributed by atoms with Crippen molar-refractivity contribution in [3.63, 3.8) is 0 Å². The summed E-state index contributed by atoms with van der Waals surface area (Å²) < 4.78 is 9.45. The summed E-state index contributed by atoms with van der Waals surface area (Å²) in [5, 5.41) is 8.38. The molecule has 4 heteroatoms. The highest BCUT2D eigenvalue weighted by atomic mass is 16.5. The lowest BCUT2D eigenvalue weighted by atomic mass is 10.1. The van der Waals surface area contributed by atoms with Crippen molar-refractivity contribution in [1.29, 1.82) is 5.26 Å². The molecular formula is C10H15NO3. The number of hydrogen-bond acceptors (Lipinski definition) is 4. The molecule has 0 unspecified atom stereocenters. The molecular weight excluding hydrogens is 182 g/mol. The number of methoxy groups -OCH3 is 2. The number of allylic oxidation sites excluding steroid dienone is 1. The average Bonchev–Trinajstić information content (AvgIpc) is 2.21. The smallest absolute Gasteiger partial charge is 0.305 e. The summed E-state index contributed by atoms with van der Waals surface area (Å²) in [6.45, 7) is 0.457. The predicted octanol–water partition coefficient (Wildman–Crippen LogP) is 1.43. The van der Waals surface area contributed by atoms with E-state index in [9.17, 15) is 4.79 Å². The predicted molar refractivity (Wildman–Crippen MR) is 51.4 cm³/mol. The Hall–Kier alpha value is -1.34. The molecule has 0 heterocycles. The molecule has 0 aromatic rings. The maximum Gasteiger partial charge on any atom is 0.305 e. The third kappa shape index (κ3) is 6.21. The molecule has 0 amide bonds. The van der Waals surface area contributed by atoms with Crippen LogP contribution in [0.25, 0.3) is 0 Å².